The average Bonchev–Trinajstić information content (AvgIpc) is 2.93. The van der Waals surface area contributed by atoms with E-state index < -0.39 is 0 Å². The molecule has 1 aromatic carbocycles. The van der Waals surface area contributed by atoms with Gasteiger partial charge in [0.25, 0.3) is 0 Å². The van der Waals surface area contributed by atoms with Gasteiger partial charge in [-0.15, -0.1) is 10.2 Å². The van der Waals surface area contributed by atoms with Crippen molar-refractivity contribution in [2.75, 3.05) is 11.9 Å². The van der Waals surface area contributed by atoms with Crippen LogP contribution in [0.4, 0.5) is 5.69 Å². The van der Waals surface area contributed by atoms with Gasteiger partial charge in [0, 0.05) is 18.7 Å². The van der Waals surface area contributed by atoms with Crippen molar-refractivity contribution in [2.24, 2.45) is 0 Å². The summed E-state index contributed by atoms with van der Waals surface area (Å²) in [7, 11) is 0. The van der Waals surface area contributed by atoms with Crippen molar-refractivity contribution in [2.45, 2.75) is 19.3 Å². The fourth-order valence-electron chi connectivity index (χ4n) is 1.70. The predicted molar refractivity (Wildman–Crippen MR) is 70.9 cm³/mol. The number of carbonyl (C=O) groups excluding carboxylic acids is 1. The fourth-order valence-corrected chi connectivity index (χ4v) is 1.70. The van der Waals surface area contributed by atoms with Crippen molar-refractivity contribution >= 4 is 11.6 Å². The number of nitrogens with one attached hydrogen (secondary N) is 1. The van der Waals surface area contributed by atoms with E-state index in [1.807, 2.05) is 24.3 Å². The number of hydrogen-bond donors (Lipinski definition) is 2. The molecule has 0 aliphatic rings. The van der Waals surface area contributed by atoms with E-state index in [2.05, 4.69) is 15.5 Å². The molecular weight excluding hydrogens is 244 g/mol. The zero-order valence-electron chi connectivity index (χ0n) is 10.5. The molecule has 1 heterocycles. The number of nitrogens with zero attached hydrogens (tertiary/aromatic N) is 3. The minimum absolute atomic E-state index is 0.0469. The van der Waals surface area contributed by atoms with Crippen LogP contribution in [0.1, 0.15) is 19.3 Å². The van der Waals surface area contributed by atoms with Crippen molar-refractivity contribution in [3.63, 3.8) is 0 Å². The number of unbranched alkanes of at least 4 members (excludes halogenated alkanes) is 1. The van der Waals surface area contributed by atoms with Gasteiger partial charge in [-0.25, -0.2) is 0 Å². The third kappa shape index (κ3) is 3.89. The molecule has 19 heavy (non-hydrogen) atoms. The quantitative estimate of drug-likeness (QED) is 0.769. The number of aromatic nitrogens is 3. The molecule has 6 heteroatoms. The summed E-state index contributed by atoms with van der Waals surface area (Å²) in [4.78, 5) is 11.7. The molecule has 2 rings (SSSR count). The normalized spacial score (nSPS) is 10.4. The van der Waals surface area contributed by atoms with E-state index >= 15 is 0 Å². The Kier molecular flexibility index (Phi) is 4.63. The van der Waals surface area contributed by atoms with Gasteiger partial charge in [0.15, 0.2) is 0 Å². The fraction of sp³-hybridized carbons (Fsp3) is 0.308. The number of aliphatic hydroxyl groups is 1. The van der Waals surface area contributed by atoms with Crippen LogP contribution >= 0.6 is 0 Å². The molecule has 0 aliphatic carbocycles. The van der Waals surface area contributed by atoms with Crippen molar-refractivity contribution in [1.29, 1.82) is 0 Å². The van der Waals surface area contributed by atoms with Gasteiger partial charge in [-0.05, 0) is 31.0 Å². The van der Waals surface area contributed by atoms with Crippen molar-refractivity contribution in [3.05, 3.63) is 36.9 Å². The van der Waals surface area contributed by atoms with E-state index in [0.717, 1.165) is 11.4 Å². The first kappa shape index (κ1) is 13.2. The van der Waals surface area contributed by atoms with Gasteiger partial charge in [0.2, 0.25) is 5.91 Å². The number of benzene rings is 1. The number of hydrogen-bond acceptors (Lipinski definition) is 4. The predicted octanol–water partition coefficient (Wildman–Crippen LogP) is 1.37. The van der Waals surface area contributed by atoms with E-state index in [9.17, 15) is 4.79 Å². The van der Waals surface area contributed by atoms with E-state index in [1.54, 1.807) is 17.2 Å². The van der Waals surface area contributed by atoms with E-state index in [-0.39, 0.29) is 12.5 Å². The maximum atomic E-state index is 11.7. The van der Waals surface area contributed by atoms with Gasteiger partial charge in [-0.1, -0.05) is 6.07 Å². The molecule has 0 saturated carbocycles. The number of carbonyl (C=O) groups is 1. The standard InChI is InChI=1S/C13H16N4O2/c18-7-2-1-6-13(19)16-11-4-3-5-12(8-11)17-9-14-15-10-17/h3-5,8-10,18H,1-2,6-7H2,(H,16,19). The largest absolute Gasteiger partial charge is 0.396 e. The third-order valence-corrected chi connectivity index (χ3v) is 2.66. The molecule has 0 spiro atoms. The zero-order chi connectivity index (χ0) is 13.5. The smallest absolute Gasteiger partial charge is 0.224 e. The molecule has 0 radical (unpaired) electrons. The van der Waals surface area contributed by atoms with E-state index in [4.69, 9.17) is 5.11 Å². The first-order valence-electron chi connectivity index (χ1n) is 6.15. The molecule has 1 amide bonds. The first-order valence-corrected chi connectivity index (χ1v) is 6.15. The summed E-state index contributed by atoms with van der Waals surface area (Å²) in [6, 6.07) is 7.45. The average molecular weight is 260 g/mol. The summed E-state index contributed by atoms with van der Waals surface area (Å²) < 4.78 is 1.77. The second-order valence-corrected chi connectivity index (χ2v) is 4.15. The minimum Gasteiger partial charge on any atom is -0.396 e. The van der Waals surface area contributed by atoms with Crippen LogP contribution in [-0.2, 0) is 4.79 Å². The highest BCUT2D eigenvalue weighted by atomic mass is 16.3. The van der Waals surface area contributed by atoms with Crippen molar-refractivity contribution in [3.8, 4) is 5.69 Å². The second-order valence-electron chi connectivity index (χ2n) is 4.15. The van der Waals surface area contributed by atoms with Crippen molar-refractivity contribution < 1.29 is 9.90 Å². The molecule has 6 nitrogen and oxygen atoms in total. The first-order chi connectivity index (χ1) is 9.29. The maximum absolute atomic E-state index is 11.7. The van der Waals surface area contributed by atoms with Crippen LogP contribution in [0.2, 0.25) is 0 Å². The second kappa shape index (κ2) is 6.65. The highest BCUT2D eigenvalue weighted by Gasteiger charge is 2.03. The summed E-state index contributed by atoms with van der Waals surface area (Å²) >= 11 is 0. The lowest BCUT2D eigenvalue weighted by Gasteiger charge is -2.07. The van der Waals surface area contributed by atoms with Gasteiger partial charge >= 0.3 is 0 Å². The molecule has 1 aromatic heterocycles. The maximum Gasteiger partial charge on any atom is 0.224 e. The van der Waals surface area contributed by atoms with E-state index in [0.29, 0.717) is 19.3 Å². The Morgan fingerprint density at radius 3 is 2.79 bits per heavy atom. The van der Waals surface area contributed by atoms with Gasteiger partial charge < -0.3 is 10.4 Å². The van der Waals surface area contributed by atoms with E-state index in [1.165, 1.54) is 0 Å². The summed E-state index contributed by atoms with van der Waals surface area (Å²) in [5.41, 5.74) is 1.62. The van der Waals surface area contributed by atoms with Gasteiger partial charge in [-0.2, -0.15) is 0 Å². The summed E-state index contributed by atoms with van der Waals surface area (Å²) in [5.74, 6) is -0.0469. The van der Waals surface area contributed by atoms with Crippen LogP contribution < -0.4 is 5.32 Å². The van der Waals surface area contributed by atoms with Crippen LogP contribution in [0, 0.1) is 0 Å². The number of amides is 1. The molecular formula is C13H16N4O2. The Morgan fingerprint density at radius 2 is 2.05 bits per heavy atom. The van der Waals surface area contributed by atoms with Gasteiger partial charge in [0.1, 0.15) is 12.7 Å². The van der Waals surface area contributed by atoms with Crippen molar-refractivity contribution in [1.82, 2.24) is 14.8 Å². The monoisotopic (exact) mass is 260 g/mol. The molecule has 0 atom stereocenters. The number of anilines is 1. The molecule has 0 bridgehead atoms. The minimum atomic E-state index is -0.0469. The molecule has 2 N–H and O–H groups in total. The van der Waals surface area contributed by atoms with Crippen LogP contribution in [0.3, 0.4) is 0 Å². The Morgan fingerprint density at radius 1 is 1.26 bits per heavy atom. The highest BCUT2D eigenvalue weighted by Crippen LogP contribution is 2.14. The molecule has 0 saturated heterocycles. The topological polar surface area (TPSA) is 80.0 Å². The molecule has 0 fully saturated rings. The molecule has 100 valence electrons. The Labute approximate surface area is 111 Å². The molecule has 0 unspecified atom stereocenters. The van der Waals surface area contributed by atoms with Crippen LogP contribution in [0.25, 0.3) is 5.69 Å². The lowest BCUT2D eigenvalue weighted by atomic mass is 10.2. The Hall–Kier alpha value is -2.21. The molecule has 2 aromatic rings. The molecule has 0 aliphatic heterocycles. The van der Waals surface area contributed by atoms with Gasteiger partial charge in [-0.3, -0.25) is 9.36 Å². The van der Waals surface area contributed by atoms with Crippen LogP contribution in [0.5, 0.6) is 0 Å². The highest BCUT2D eigenvalue weighted by molar-refractivity contribution is 5.90. The SMILES string of the molecule is O=C(CCCCO)Nc1cccc(-n2cnnc2)c1. The lowest BCUT2D eigenvalue weighted by Crippen LogP contribution is -2.11. The Bertz CT molecular complexity index is 525. The summed E-state index contributed by atoms with van der Waals surface area (Å²) in [5, 5.41) is 19.0. The van der Waals surface area contributed by atoms with Crippen LogP contribution in [-0.4, -0.2) is 32.4 Å². The van der Waals surface area contributed by atoms with Crippen LogP contribution in [0.15, 0.2) is 36.9 Å². The lowest BCUT2D eigenvalue weighted by molar-refractivity contribution is -0.116. The summed E-state index contributed by atoms with van der Waals surface area (Å²) in [6.45, 7) is 0.121. The Balaban J connectivity index is 1.97. The zero-order valence-corrected chi connectivity index (χ0v) is 10.5. The van der Waals surface area contributed by atoms with Gasteiger partial charge in [0.05, 0.1) is 5.69 Å². The number of rotatable bonds is 6. The third-order valence-electron chi connectivity index (χ3n) is 2.66. The summed E-state index contributed by atoms with van der Waals surface area (Å²) in [6.07, 6.45) is 4.95. The number of aliphatic hydroxyl groups excluding tert-OH is 1.